The second kappa shape index (κ2) is 10.2. The van der Waals surface area contributed by atoms with Crippen LogP contribution in [0.25, 0.3) is 0 Å². The van der Waals surface area contributed by atoms with Gasteiger partial charge >= 0.3 is 0 Å². The van der Waals surface area contributed by atoms with Crippen molar-refractivity contribution in [1.29, 1.82) is 0 Å². The molecule has 0 fully saturated rings. The van der Waals surface area contributed by atoms with Crippen molar-refractivity contribution >= 4 is 11.6 Å². The minimum absolute atomic E-state index is 0.183. The van der Waals surface area contributed by atoms with Crippen molar-refractivity contribution in [3.63, 3.8) is 0 Å². The number of aromatic nitrogens is 5. The molecule has 2 aromatic heterocycles. The fourth-order valence-electron chi connectivity index (χ4n) is 3.45. The van der Waals surface area contributed by atoms with Crippen LogP contribution in [0.4, 0.5) is 5.69 Å². The van der Waals surface area contributed by atoms with E-state index in [2.05, 4.69) is 30.4 Å². The van der Waals surface area contributed by atoms with Crippen molar-refractivity contribution in [2.24, 2.45) is 18.5 Å². The lowest BCUT2D eigenvalue weighted by Gasteiger charge is -2.21. The molecule has 0 atom stereocenters. The zero-order valence-electron chi connectivity index (χ0n) is 18.3. The van der Waals surface area contributed by atoms with E-state index in [1.807, 2.05) is 42.1 Å². The summed E-state index contributed by atoms with van der Waals surface area (Å²) in [6, 6.07) is 14.7. The SMILES string of the molecule is Cn1ccnc1CN(Cc1ccc(C(=O)Nc2ccc(C(N)N)cc2)cc1)Cc1ncn[nH]1. The molecule has 0 aliphatic heterocycles. The molecule has 0 saturated carbocycles. The summed E-state index contributed by atoms with van der Waals surface area (Å²) in [4.78, 5) is 23.5. The number of rotatable bonds is 9. The van der Waals surface area contributed by atoms with Crippen LogP contribution in [-0.2, 0) is 26.7 Å². The summed E-state index contributed by atoms with van der Waals surface area (Å²) in [7, 11) is 1.97. The number of amides is 1. The maximum Gasteiger partial charge on any atom is 0.255 e. The first-order valence-electron chi connectivity index (χ1n) is 10.5. The largest absolute Gasteiger partial charge is 0.337 e. The summed E-state index contributed by atoms with van der Waals surface area (Å²) in [5.74, 6) is 1.55. The second-order valence-electron chi connectivity index (χ2n) is 7.83. The van der Waals surface area contributed by atoms with Crippen molar-refractivity contribution in [2.45, 2.75) is 25.8 Å². The average molecular weight is 446 g/mol. The maximum atomic E-state index is 12.6. The molecule has 170 valence electrons. The monoisotopic (exact) mass is 445 g/mol. The number of aromatic amines is 1. The number of hydrogen-bond donors (Lipinski definition) is 4. The molecule has 6 N–H and O–H groups in total. The topological polar surface area (TPSA) is 144 Å². The van der Waals surface area contributed by atoms with Crippen molar-refractivity contribution in [1.82, 2.24) is 29.6 Å². The quantitative estimate of drug-likeness (QED) is 0.288. The molecule has 0 unspecified atom stereocenters. The van der Waals surface area contributed by atoms with Crippen molar-refractivity contribution < 1.29 is 4.79 Å². The summed E-state index contributed by atoms with van der Waals surface area (Å²) < 4.78 is 1.99. The summed E-state index contributed by atoms with van der Waals surface area (Å²) in [6.45, 7) is 1.91. The van der Waals surface area contributed by atoms with Crippen LogP contribution in [0.5, 0.6) is 0 Å². The third-order valence-corrected chi connectivity index (χ3v) is 5.30. The number of hydrogen-bond acceptors (Lipinski definition) is 7. The van der Waals surface area contributed by atoms with E-state index < -0.39 is 6.17 Å². The first-order valence-corrected chi connectivity index (χ1v) is 10.5. The van der Waals surface area contributed by atoms with Gasteiger partial charge in [0, 0.05) is 37.2 Å². The highest BCUT2D eigenvalue weighted by atomic mass is 16.1. The number of carbonyl (C=O) groups excluding carboxylic acids is 1. The Kier molecular flexibility index (Phi) is 6.89. The molecule has 4 rings (SSSR count). The summed E-state index contributed by atoms with van der Waals surface area (Å²) in [5.41, 5.74) is 14.5. The number of aryl methyl sites for hydroxylation is 1. The van der Waals surface area contributed by atoms with Gasteiger partial charge in [0.1, 0.15) is 18.0 Å². The molecule has 2 heterocycles. The average Bonchev–Trinajstić information content (AvgIpc) is 3.46. The van der Waals surface area contributed by atoms with E-state index >= 15 is 0 Å². The molecule has 0 spiro atoms. The number of nitrogens with two attached hydrogens (primary N) is 2. The van der Waals surface area contributed by atoms with Crippen LogP contribution in [0.1, 0.15) is 39.3 Å². The highest BCUT2D eigenvalue weighted by Gasteiger charge is 2.13. The maximum absolute atomic E-state index is 12.6. The molecule has 0 bridgehead atoms. The van der Waals surface area contributed by atoms with E-state index in [1.54, 1.807) is 30.5 Å². The van der Waals surface area contributed by atoms with Crippen LogP contribution in [0.3, 0.4) is 0 Å². The Bertz CT molecular complexity index is 1170. The molecule has 1 amide bonds. The summed E-state index contributed by atoms with van der Waals surface area (Å²) >= 11 is 0. The van der Waals surface area contributed by atoms with Gasteiger partial charge in [-0.3, -0.25) is 14.8 Å². The first kappa shape index (κ1) is 22.3. The van der Waals surface area contributed by atoms with Gasteiger partial charge in [-0.2, -0.15) is 5.10 Å². The standard InChI is InChI=1S/C23H27N9O/c1-31-11-10-26-21(31)14-32(13-20-27-15-28-30-20)12-16-2-4-18(5-3-16)23(33)29-19-8-6-17(7-9-19)22(24)25/h2-11,15,22H,12-14,24-25H2,1H3,(H,29,33)(H,27,28,30). The second-order valence-corrected chi connectivity index (χ2v) is 7.83. The number of imidazole rings is 1. The predicted octanol–water partition coefficient (Wildman–Crippen LogP) is 1.91. The van der Waals surface area contributed by atoms with E-state index in [4.69, 9.17) is 11.5 Å². The number of carbonyl (C=O) groups is 1. The number of benzene rings is 2. The van der Waals surface area contributed by atoms with Crippen LogP contribution < -0.4 is 16.8 Å². The van der Waals surface area contributed by atoms with E-state index in [0.29, 0.717) is 30.9 Å². The molecule has 0 aliphatic rings. The van der Waals surface area contributed by atoms with E-state index in [0.717, 1.165) is 22.8 Å². The van der Waals surface area contributed by atoms with Gasteiger partial charge in [0.05, 0.1) is 19.3 Å². The van der Waals surface area contributed by atoms with Gasteiger partial charge in [0.25, 0.3) is 5.91 Å². The third kappa shape index (κ3) is 5.89. The van der Waals surface area contributed by atoms with Gasteiger partial charge in [-0.15, -0.1) is 0 Å². The number of H-pyrrole nitrogens is 1. The van der Waals surface area contributed by atoms with Gasteiger partial charge in [0.2, 0.25) is 0 Å². The Morgan fingerprint density at radius 1 is 1.06 bits per heavy atom. The van der Waals surface area contributed by atoms with E-state index in [-0.39, 0.29) is 5.91 Å². The highest BCUT2D eigenvalue weighted by molar-refractivity contribution is 6.04. The Morgan fingerprint density at radius 3 is 2.42 bits per heavy atom. The zero-order valence-corrected chi connectivity index (χ0v) is 18.3. The van der Waals surface area contributed by atoms with Crippen molar-refractivity contribution in [3.8, 4) is 0 Å². The minimum atomic E-state index is -0.539. The lowest BCUT2D eigenvalue weighted by atomic mass is 10.1. The van der Waals surface area contributed by atoms with Gasteiger partial charge < -0.3 is 21.4 Å². The fourth-order valence-corrected chi connectivity index (χ4v) is 3.45. The number of nitrogens with zero attached hydrogens (tertiary/aromatic N) is 5. The molecule has 0 radical (unpaired) electrons. The molecular weight excluding hydrogens is 418 g/mol. The van der Waals surface area contributed by atoms with E-state index in [1.165, 1.54) is 6.33 Å². The van der Waals surface area contributed by atoms with Crippen molar-refractivity contribution in [3.05, 3.63) is 95.6 Å². The number of nitrogens with one attached hydrogen (secondary N) is 2. The lowest BCUT2D eigenvalue weighted by molar-refractivity contribution is 0.102. The molecule has 0 aliphatic carbocycles. The molecule has 2 aromatic carbocycles. The van der Waals surface area contributed by atoms with E-state index in [9.17, 15) is 4.79 Å². The molecule has 10 heteroatoms. The van der Waals surface area contributed by atoms with Crippen LogP contribution in [0.2, 0.25) is 0 Å². The van der Waals surface area contributed by atoms with Gasteiger partial charge in [-0.1, -0.05) is 24.3 Å². The Labute approximate surface area is 191 Å². The minimum Gasteiger partial charge on any atom is -0.337 e. The first-order chi connectivity index (χ1) is 16.0. The van der Waals surface area contributed by atoms with Crippen molar-refractivity contribution in [2.75, 3.05) is 5.32 Å². The summed E-state index contributed by atoms with van der Waals surface area (Å²) in [6.07, 6.45) is 4.67. The summed E-state index contributed by atoms with van der Waals surface area (Å²) in [5, 5.41) is 9.73. The van der Waals surface area contributed by atoms with Gasteiger partial charge in [0.15, 0.2) is 0 Å². The predicted molar refractivity (Wildman–Crippen MR) is 124 cm³/mol. The highest BCUT2D eigenvalue weighted by Crippen LogP contribution is 2.16. The lowest BCUT2D eigenvalue weighted by Crippen LogP contribution is -2.24. The third-order valence-electron chi connectivity index (χ3n) is 5.30. The normalized spacial score (nSPS) is 11.3. The molecule has 33 heavy (non-hydrogen) atoms. The Balaban J connectivity index is 1.41. The van der Waals surface area contributed by atoms with Crippen LogP contribution in [0.15, 0.2) is 67.3 Å². The molecule has 4 aromatic rings. The Hall–Kier alpha value is -3.86. The van der Waals surface area contributed by atoms with Crippen LogP contribution in [-0.4, -0.2) is 35.5 Å². The Morgan fingerprint density at radius 2 is 1.82 bits per heavy atom. The van der Waals surface area contributed by atoms with Gasteiger partial charge in [-0.25, -0.2) is 9.97 Å². The zero-order chi connectivity index (χ0) is 23.2. The molecule has 10 nitrogen and oxygen atoms in total. The molecule has 0 saturated heterocycles. The molecular formula is C23H27N9O. The van der Waals surface area contributed by atoms with Crippen LogP contribution >= 0.6 is 0 Å². The van der Waals surface area contributed by atoms with Crippen LogP contribution in [0, 0.1) is 0 Å². The van der Waals surface area contributed by atoms with Gasteiger partial charge in [-0.05, 0) is 35.4 Å². The number of anilines is 1. The smallest absolute Gasteiger partial charge is 0.255 e. The fraction of sp³-hybridized carbons (Fsp3) is 0.217.